The van der Waals surface area contributed by atoms with Gasteiger partial charge in [0.2, 0.25) is 5.95 Å². The highest BCUT2D eigenvalue weighted by Gasteiger charge is 2.34. The molecule has 29 heavy (non-hydrogen) atoms. The number of benzene rings is 1. The zero-order valence-electron chi connectivity index (χ0n) is 15.4. The summed E-state index contributed by atoms with van der Waals surface area (Å²) in [7, 11) is -2.34. The van der Waals surface area contributed by atoms with Gasteiger partial charge in [0.25, 0.3) is 0 Å². The fraction of sp³-hybridized carbons (Fsp3) is 0.375. The summed E-state index contributed by atoms with van der Waals surface area (Å²) in [4.78, 5) is 7.47. The van der Waals surface area contributed by atoms with E-state index in [2.05, 4.69) is 30.5 Å². The molecular weight excluding hydrogens is 413 g/mol. The number of aromatic nitrogens is 2. The van der Waals surface area contributed by atoms with Gasteiger partial charge in [-0.25, -0.2) is 4.98 Å². The Morgan fingerprint density at radius 2 is 1.83 bits per heavy atom. The van der Waals surface area contributed by atoms with Gasteiger partial charge in [-0.1, -0.05) is 24.7 Å². The van der Waals surface area contributed by atoms with E-state index in [-0.39, 0.29) is 30.0 Å². The van der Waals surface area contributed by atoms with Gasteiger partial charge in [-0.05, 0) is 30.2 Å². The Bertz CT molecular complexity index is 902. The quantitative estimate of drug-likeness (QED) is 0.242. The third-order valence-corrected chi connectivity index (χ3v) is 4.09. The van der Waals surface area contributed by atoms with Crippen LogP contribution in [0.3, 0.4) is 0 Å². The van der Waals surface area contributed by atoms with E-state index in [0.29, 0.717) is 5.69 Å². The molecule has 0 spiro atoms. The fourth-order valence-corrected chi connectivity index (χ4v) is 2.44. The summed E-state index contributed by atoms with van der Waals surface area (Å²) in [6.07, 6.45) is -4.69. The molecule has 5 N–H and O–H groups in total. The number of nitrogens with one attached hydrogen (secondary N) is 3. The van der Waals surface area contributed by atoms with Gasteiger partial charge in [0.05, 0.1) is 18.3 Å². The number of anilines is 3. The molecule has 0 saturated heterocycles. The number of alkyl halides is 3. The van der Waals surface area contributed by atoms with Gasteiger partial charge in [0, 0.05) is 11.8 Å². The van der Waals surface area contributed by atoms with E-state index in [1.54, 1.807) is 13.8 Å². The normalized spacial score (nSPS) is 13.9. The summed E-state index contributed by atoms with van der Waals surface area (Å²) < 4.78 is 62.3. The third kappa shape index (κ3) is 7.03. The topological polar surface area (TPSA) is 132 Å². The summed E-state index contributed by atoms with van der Waals surface area (Å²) in [5, 5.41) is 12.1. The van der Waals surface area contributed by atoms with Gasteiger partial charge in [0.1, 0.15) is 0 Å². The van der Waals surface area contributed by atoms with Crippen LogP contribution in [0.2, 0.25) is 0 Å². The van der Waals surface area contributed by atoms with Crippen molar-refractivity contribution in [2.24, 2.45) is 10.3 Å². The van der Waals surface area contributed by atoms with Crippen molar-refractivity contribution in [2.45, 2.75) is 26.1 Å². The maximum absolute atomic E-state index is 13.2. The summed E-state index contributed by atoms with van der Waals surface area (Å²) >= 11 is 0. The van der Waals surface area contributed by atoms with Crippen LogP contribution in [0, 0.1) is 5.92 Å². The van der Waals surface area contributed by atoms with E-state index in [1.807, 2.05) is 0 Å². The van der Waals surface area contributed by atoms with Crippen LogP contribution in [0.5, 0.6) is 0 Å². The molecule has 0 saturated carbocycles. The van der Waals surface area contributed by atoms with Crippen LogP contribution in [-0.2, 0) is 21.3 Å². The lowest BCUT2D eigenvalue weighted by molar-refractivity contribution is -0.141. The van der Waals surface area contributed by atoms with E-state index in [4.69, 9.17) is 4.55 Å². The van der Waals surface area contributed by atoms with Crippen molar-refractivity contribution in [1.29, 1.82) is 0 Å². The highest BCUT2D eigenvalue weighted by Crippen LogP contribution is 2.30. The highest BCUT2D eigenvalue weighted by molar-refractivity contribution is 7.68. The summed E-state index contributed by atoms with van der Waals surface area (Å²) in [6, 6.07) is 6.11. The van der Waals surface area contributed by atoms with Gasteiger partial charge in [-0.2, -0.15) is 18.2 Å². The zero-order chi connectivity index (χ0) is 21.6. The molecule has 0 amide bonds. The predicted molar refractivity (Wildman–Crippen MR) is 103 cm³/mol. The molecule has 2 aromatic rings. The number of hydrazine groups is 1. The monoisotopic (exact) mass is 433 g/mol. The Hall–Kier alpha value is -2.64. The lowest BCUT2D eigenvalue weighted by Crippen LogP contribution is -2.31. The van der Waals surface area contributed by atoms with Crippen LogP contribution in [0.25, 0.3) is 0 Å². The van der Waals surface area contributed by atoms with Crippen LogP contribution in [0.15, 0.2) is 34.7 Å². The maximum atomic E-state index is 13.2. The molecule has 0 unspecified atom stereocenters. The van der Waals surface area contributed by atoms with Crippen molar-refractivity contribution >= 4 is 34.0 Å². The van der Waals surface area contributed by atoms with Crippen LogP contribution < -0.4 is 16.2 Å². The molecular formula is C16H20F3N6O3S-. The summed E-state index contributed by atoms with van der Waals surface area (Å²) in [5.41, 5.74) is 4.78. The van der Waals surface area contributed by atoms with Crippen molar-refractivity contribution in [1.82, 2.24) is 9.97 Å². The van der Waals surface area contributed by atoms with E-state index in [1.165, 1.54) is 24.3 Å². The van der Waals surface area contributed by atoms with E-state index in [0.717, 1.165) is 6.07 Å². The van der Waals surface area contributed by atoms with Crippen LogP contribution >= 0.6 is 0 Å². The molecule has 1 aromatic heterocycles. The molecule has 1 heterocycles. The van der Waals surface area contributed by atoms with Crippen molar-refractivity contribution in [3.05, 3.63) is 36.0 Å². The maximum Gasteiger partial charge on any atom is 0.433 e. The fourth-order valence-electron chi connectivity index (χ4n) is 2.14. The van der Waals surface area contributed by atoms with Crippen molar-refractivity contribution in [3.63, 3.8) is 0 Å². The molecule has 1 atom stereocenters. The van der Waals surface area contributed by atoms with Crippen LogP contribution in [0.4, 0.5) is 36.3 Å². The van der Waals surface area contributed by atoms with Crippen molar-refractivity contribution in [3.8, 4) is 0 Å². The predicted octanol–water partition coefficient (Wildman–Crippen LogP) is 3.62. The second-order valence-corrected chi connectivity index (χ2v) is 6.90. The molecule has 0 aliphatic heterocycles. The first-order valence-electron chi connectivity index (χ1n) is 8.37. The van der Waals surface area contributed by atoms with Crippen LogP contribution in [-0.4, -0.2) is 32.3 Å². The molecule has 0 aliphatic rings. The average Bonchev–Trinajstić information content (AvgIpc) is 2.64. The molecule has 9 nitrogen and oxygen atoms in total. The zero-order valence-corrected chi connectivity index (χ0v) is 16.3. The largest absolute Gasteiger partial charge is 0.454 e. The summed E-state index contributed by atoms with van der Waals surface area (Å²) in [5.74, 6) is -0.498. The molecule has 160 valence electrons. The minimum absolute atomic E-state index is 0.0649. The van der Waals surface area contributed by atoms with Crippen molar-refractivity contribution < 1.29 is 27.0 Å². The number of hydrogen-bond donors (Lipinski definition) is 5. The number of hydrogen-bond acceptors (Lipinski definition) is 9. The number of nitrogens with zero attached hydrogens (tertiary/aromatic N) is 3. The van der Waals surface area contributed by atoms with Gasteiger partial charge < -0.3 is 23.5 Å². The minimum Gasteiger partial charge on any atom is -0.454 e. The number of rotatable bonds is 8. The van der Waals surface area contributed by atoms with E-state index in [9.17, 15) is 22.5 Å². The Balaban J connectivity index is 2.21. The molecule has 1 aromatic carbocycles. The molecule has 2 rings (SSSR count). The number of aliphatic hydroxyl groups excluding tert-OH is 1. The SMILES string of the molecule is CC(C)[C@H](CO)Nc1nc(NNc2ccc(N=[S-](=O)O)cc2)cc(C(F)(F)F)n1. The van der Waals surface area contributed by atoms with E-state index >= 15 is 0 Å². The Morgan fingerprint density at radius 1 is 1.17 bits per heavy atom. The second kappa shape index (κ2) is 9.71. The summed E-state index contributed by atoms with van der Waals surface area (Å²) in [6.45, 7) is 3.29. The van der Waals surface area contributed by atoms with Gasteiger partial charge >= 0.3 is 6.18 Å². The van der Waals surface area contributed by atoms with Crippen LogP contribution in [0.1, 0.15) is 19.5 Å². The minimum atomic E-state index is -4.69. The number of aliphatic hydroxyl groups is 1. The third-order valence-electron chi connectivity index (χ3n) is 3.72. The Labute approximate surface area is 166 Å². The Morgan fingerprint density at radius 3 is 2.34 bits per heavy atom. The molecule has 0 aliphatic carbocycles. The average molecular weight is 433 g/mol. The smallest absolute Gasteiger partial charge is 0.433 e. The molecule has 13 heteroatoms. The lowest BCUT2D eigenvalue weighted by Gasteiger charge is -2.21. The van der Waals surface area contributed by atoms with Crippen molar-refractivity contribution in [2.75, 3.05) is 22.8 Å². The van der Waals surface area contributed by atoms with E-state index < -0.39 is 28.8 Å². The first-order valence-corrected chi connectivity index (χ1v) is 9.43. The van der Waals surface area contributed by atoms with Gasteiger partial charge in [-0.15, -0.1) is 0 Å². The first kappa shape index (κ1) is 22.6. The van der Waals surface area contributed by atoms with Gasteiger partial charge in [0.15, 0.2) is 11.5 Å². The second-order valence-electron chi connectivity index (χ2n) is 6.26. The first-order chi connectivity index (χ1) is 13.6. The molecule has 0 fully saturated rings. The Kier molecular flexibility index (Phi) is 7.59. The molecule has 0 radical (unpaired) electrons. The van der Waals surface area contributed by atoms with Gasteiger partial charge in [-0.3, -0.25) is 10.9 Å². The lowest BCUT2D eigenvalue weighted by atomic mass is 10.1. The number of halogens is 3. The molecule has 0 bridgehead atoms. The standard InChI is InChI=1S/C16H20F3N6O3S/c1-9(2)12(8-26)20-15-21-13(16(17,18)19)7-14(22-15)24-23-10-3-5-11(6-4-10)25-29(27)28/h3-7,9,12,23,26H,8H2,1-2H3,(H,25,27,28)(H2,20,21,22,24)/q-1/t12-/m0/s1. The highest BCUT2D eigenvalue weighted by atomic mass is 32.2.